The number of hydrogen-bond acceptors (Lipinski definition) is 4. The van der Waals surface area contributed by atoms with Crippen molar-refractivity contribution in [3.63, 3.8) is 0 Å². The quantitative estimate of drug-likeness (QED) is 0.633. The lowest BCUT2D eigenvalue weighted by Crippen LogP contribution is -2.14. The smallest absolute Gasteiger partial charge is 0.257 e. The predicted octanol–water partition coefficient (Wildman–Crippen LogP) is 5.21. The van der Waals surface area contributed by atoms with Crippen LogP contribution in [0.2, 0.25) is 0 Å². The van der Waals surface area contributed by atoms with E-state index in [2.05, 4.69) is 29.5 Å². The fourth-order valence-electron chi connectivity index (χ4n) is 2.84. The Morgan fingerprint density at radius 3 is 2.44 bits per heavy atom. The molecule has 0 spiro atoms. The van der Waals surface area contributed by atoms with Gasteiger partial charge < -0.3 is 15.4 Å². The standard InChI is InChI=1S/C22H23N3O2/c1-15(2)18-8-4-5-9-19(18)25-22(26)16-12-17(14-23-13-16)24-20-10-6-7-11-21(20)27-3/h4-15,24H,1-3H3,(H,25,26). The number of amides is 1. The first-order chi connectivity index (χ1) is 13.1. The van der Waals surface area contributed by atoms with E-state index in [1.807, 2.05) is 48.5 Å². The Morgan fingerprint density at radius 2 is 1.70 bits per heavy atom. The number of aromatic nitrogens is 1. The van der Waals surface area contributed by atoms with Crippen molar-refractivity contribution in [3.8, 4) is 5.75 Å². The van der Waals surface area contributed by atoms with E-state index >= 15 is 0 Å². The van der Waals surface area contributed by atoms with Gasteiger partial charge in [-0.1, -0.05) is 44.2 Å². The third-order valence-electron chi connectivity index (χ3n) is 4.22. The van der Waals surface area contributed by atoms with Gasteiger partial charge in [-0.15, -0.1) is 0 Å². The van der Waals surface area contributed by atoms with Crippen molar-refractivity contribution in [2.75, 3.05) is 17.7 Å². The maximum absolute atomic E-state index is 12.7. The molecule has 0 radical (unpaired) electrons. The first-order valence-corrected chi connectivity index (χ1v) is 8.84. The highest BCUT2D eigenvalue weighted by Crippen LogP contribution is 2.27. The van der Waals surface area contributed by atoms with Gasteiger partial charge in [0.2, 0.25) is 0 Å². The average Bonchev–Trinajstić information content (AvgIpc) is 2.69. The molecule has 0 fully saturated rings. The Labute approximate surface area is 159 Å². The highest BCUT2D eigenvalue weighted by atomic mass is 16.5. The van der Waals surface area contributed by atoms with Crippen LogP contribution in [0.15, 0.2) is 67.0 Å². The van der Waals surface area contributed by atoms with E-state index in [9.17, 15) is 4.79 Å². The zero-order valence-electron chi connectivity index (χ0n) is 15.7. The summed E-state index contributed by atoms with van der Waals surface area (Å²) in [4.78, 5) is 16.9. The molecule has 0 unspecified atom stereocenters. The molecule has 5 heteroatoms. The van der Waals surface area contributed by atoms with Crippen molar-refractivity contribution in [3.05, 3.63) is 78.1 Å². The second-order valence-corrected chi connectivity index (χ2v) is 6.48. The molecule has 0 saturated heterocycles. The molecule has 3 rings (SSSR count). The molecular formula is C22H23N3O2. The van der Waals surface area contributed by atoms with Gasteiger partial charge in [-0.05, 0) is 35.7 Å². The lowest BCUT2D eigenvalue weighted by molar-refractivity contribution is 0.102. The maximum atomic E-state index is 12.7. The zero-order valence-corrected chi connectivity index (χ0v) is 15.7. The second-order valence-electron chi connectivity index (χ2n) is 6.48. The normalized spacial score (nSPS) is 10.5. The third kappa shape index (κ3) is 4.44. The lowest BCUT2D eigenvalue weighted by Gasteiger charge is -2.14. The predicted molar refractivity (Wildman–Crippen MR) is 109 cm³/mol. The Balaban J connectivity index is 1.80. The van der Waals surface area contributed by atoms with Crippen LogP contribution >= 0.6 is 0 Å². The minimum atomic E-state index is -0.195. The summed E-state index contributed by atoms with van der Waals surface area (Å²) in [6, 6.07) is 17.2. The van der Waals surface area contributed by atoms with E-state index in [-0.39, 0.29) is 5.91 Å². The van der Waals surface area contributed by atoms with Crippen molar-refractivity contribution in [2.45, 2.75) is 19.8 Å². The molecule has 1 amide bonds. The summed E-state index contributed by atoms with van der Waals surface area (Å²) in [6.07, 6.45) is 3.23. The van der Waals surface area contributed by atoms with Gasteiger partial charge in [-0.2, -0.15) is 0 Å². The van der Waals surface area contributed by atoms with Crippen LogP contribution in [0, 0.1) is 0 Å². The highest BCUT2D eigenvalue weighted by Gasteiger charge is 2.12. The maximum Gasteiger partial charge on any atom is 0.257 e. The van der Waals surface area contributed by atoms with Crippen molar-refractivity contribution in [2.24, 2.45) is 0 Å². The molecule has 1 heterocycles. The number of rotatable bonds is 6. The van der Waals surface area contributed by atoms with Gasteiger partial charge in [0.25, 0.3) is 5.91 Å². The third-order valence-corrected chi connectivity index (χ3v) is 4.22. The molecule has 0 aliphatic heterocycles. The molecule has 0 saturated carbocycles. The first kappa shape index (κ1) is 18.5. The zero-order chi connectivity index (χ0) is 19.2. The van der Waals surface area contributed by atoms with Crippen LogP contribution in [0.3, 0.4) is 0 Å². The van der Waals surface area contributed by atoms with Gasteiger partial charge in [0.15, 0.2) is 0 Å². The number of anilines is 3. The second kappa shape index (κ2) is 8.36. The van der Waals surface area contributed by atoms with Gasteiger partial charge in [-0.25, -0.2) is 0 Å². The molecule has 1 aromatic heterocycles. The fourth-order valence-corrected chi connectivity index (χ4v) is 2.84. The number of hydrogen-bond donors (Lipinski definition) is 2. The molecule has 0 aliphatic carbocycles. The molecular weight excluding hydrogens is 338 g/mol. The lowest BCUT2D eigenvalue weighted by atomic mass is 10.0. The topological polar surface area (TPSA) is 63.2 Å². The molecule has 0 atom stereocenters. The van der Waals surface area contributed by atoms with Crippen molar-refractivity contribution in [1.29, 1.82) is 0 Å². The van der Waals surface area contributed by atoms with Crippen LogP contribution in [0.1, 0.15) is 35.7 Å². The number of ether oxygens (including phenoxy) is 1. The summed E-state index contributed by atoms with van der Waals surface area (Å²) in [5.41, 5.74) is 3.92. The number of carbonyl (C=O) groups excluding carboxylic acids is 1. The van der Waals surface area contributed by atoms with Crippen molar-refractivity contribution < 1.29 is 9.53 Å². The summed E-state index contributed by atoms with van der Waals surface area (Å²) < 4.78 is 5.35. The van der Waals surface area contributed by atoms with E-state index in [4.69, 9.17) is 4.74 Å². The average molecular weight is 361 g/mol. The minimum Gasteiger partial charge on any atom is -0.495 e. The first-order valence-electron chi connectivity index (χ1n) is 8.84. The Hall–Kier alpha value is -3.34. The van der Waals surface area contributed by atoms with Gasteiger partial charge in [0.1, 0.15) is 5.75 Å². The Kier molecular flexibility index (Phi) is 5.71. The molecule has 2 aromatic carbocycles. The molecule has 2 N–H and O–H groups in total. The van der Waals surface area contributed by atoms with Crippen molar-refractivity contribution in [1.82, 2.24) is 4.98 Å². The van der Waals surface area contributed by atoms with Crippen LogP contribution in [-0.4, -0.2) is 18.0 Å². The summed E-state index contributed by atoms with van der Waals surface area (Å²) >= 11 is 0. The summed E-state index contributed by atoms with van der Waals surface area (Å²) in [5, 5.41) is 6.24. The minimum absolute atomic E-state index is 0.195. The SMILES string of the molecule is COc1ccccc1Nc1cncc(C(=O)Nc2ccccc2C(C)C)c1. The number of methoxy groups -OCH3 is 1. The molecule has 138 valence electrons. The van der Waals surface area contributed by atoms with E-state index in [0.717, 1.165) is 22.7 Å². The number of para-hydroxylation sites is 3. The number of carbonyl (C=O) groups is 1. The van der Waals surface area contributed by atoms with Gasteiger partial charge in [0, 0.05) is 11.9 Å². The fraction of sp³-hybridized carbons (Fsp3) is 0.182. The van der Waals surface area contributed by atoms with E-state index in [1.54, 1.807) is 25.6 Å². The molecule has 0 aliphatic rings. The summed E-state index contributed by atoms with van der Waals surface area (Å²) in [6.45, 7) is 4.20. The van der Waals surface area contributed by atoms with Crippen LogP contribution in [0.4, 0.5) is 17.1 Å². The number of pyridine rings is 1. The van der Waals surface area contributed by atoms with Crippen LogP contribution in [0.25, 0.3) is 0 Å². The van der Waals surface area contributed by atoms with Gasteiger partial charge in [-0.3, -0.25) is 9.78 Å². The highest BCUT2D eigenvalue weighted by molar-refractivity contribution is 6.05. The van der Waals surface area contributed by atoms with E-state index < -0.39 is 0 Å². The molecule has 0 bridgehead atoms. The van der Waals surface area contributed by atoms with Crippen LogP contribution in [-0.2, 0) is 0 Å². The molecule has 3 aromatic rings. The van der Waals surface area contributed by atoms with E-state index in [0.29, 0.717) is 17.2 Å². The van der Waals surface area contributed by atoms with Gasteiger partial charge >= 0.3 is 0 Å². The molecule has 27 heavy (non-hydrogen) atoms. The van der Waals surface area contributed by atoms with Gasteiger partial charge in [0.05, 0.1) is 30.2 Å². The summed E-state index contributed by atoms with van der Waals surface area (Å²) in [5.74, 6) is 0.843. The molecule has 5 nitrogen and oxygen atoms in total. The van der Waals surface area contributed by atoms with Crippen LogP contribution in [0.5, 0.6) is 5.75 Å². The van der Waals surface area contributed by atoms with Crippen molar-refractivity contribution >= 4 is 23.0 Å². The summed E-state index contributed by atoms with van der Waals surface area (Å²) in [7, 11) is 1.62. The number of nitrogens with zero attached hydrogens (tertiary/aromatic N) is 1. The Morgan fingerprint density at radius 1 is 1.00 bits per heavy atom. The number of nitrogens with one attached hydrogen (secondary N) is 2. The van der Waals surface area contributed by atoms with Crippen LogP contribution < -0.4 is 15.4 Å². The van der Waals surface area contributed by atoms with E-state index in [1.165, 1.54) is 0 Å². The monoisotopic (exact) mass is 361 g/mol. The Bertz CT molecular complexity index is 938. The largest absolute Gasteiger partial charge is 0.495 e. The number of benzene rings is 2.